The highest BCUT2D eigenvalue weighted by Crippen LogP contribution is 2.22. The zero-order chi connectivity index (χ0) is 10.8. The second kappa shape index (κ2) is 6.74. The van der Waals surface area contributed by atoms with Gasteiger partial charge in [-0.3, -0.25) is 4.57 Å². The number of fused-ring (bicyclic) bond motifs is 1. The fourth-order valence-corrected chi connectivity index (χ4v) is 1.59. The standard InChI is InChI=1S/C10H11F2N3.2ClH/c1-13-6-9-14-7-4-2-3-5-8(7)15(9)10(11)12;;/h2-5,10,13H,6H2,1H3;2*1H. The number of nitrogens with one attached hydrogen (secondary N) is 1. The van der Waals surface area contributed by atoms with Gasteiger partial charge in [-0.05, 0) is 19.2 Å². The predicted molar refractivity (Wildman–Crippen MR) is 68.2 cm³/mol. The second-order valence-electron chi connectivity index (χ2n) is 3.19. The molecule has 0 spiro atoms. The molecule has 0 aliphatic heterocycles. The van der Waals surface area contributed by atoms with Crippen LogP contribution in [-0.4, -0.2) is 16.6 Å². The van der Waals surface area contributed by atoms with Crippen LogP contribution in [0.1, 0.15) is 12.4 Å². The lowest BCUT2D eigenvalue weighted by Crippen LogP contribution is -2.12. The fraction of sp³-hybridized carbons (Fsp3) is 0.300. The quantitative estimate of drug-likeness (QED) is 0.939. The van der Waals surface area contributed by atoms with E-state index in [1.165, 1.54) is 0 Å². The normalized spacial score (nSPS) is 10.1. The van der Waals surface area contributed by atoms with Gasteiger partial charge in [-0.1, -0.05) is 12.1 Å². The monoisotopic (exact) mass is 283 g/mol. The number of hydrogen-bond acceptors (Lipinski definition) is 2. The summed E-state index contributed by atoms with van der Waals surface area (Å²) in [6.45, 7) is -2.22. The molecule has 0 fully saturated rings. The SMILES string of the molecule is CNCc1nc2ccccc2n1C(F)F.Cl.Cl. The Morgan fingerprint density at radius 2 is 1.94 bits per heavy atom. The van der Waals surface area contributed by atoms with Crippen LogP contribution in [0, 0.1) is 0 Å². The smallest absolute Gasteiger partial charge is 0.313 e. The van der Waals surface area contributed by atoms with Crippen LogP contribution in [0.25, 0.3) is 11.0 Å². The Kier molecular flexibility index (Phi) is 6.37. The van der Waals surface area contributed by atoms with E-state index in [0.717, 1.165) is 4.57 Å². The molecule has 2 aromatic rings. The Bertz CT molecular complexity index is 474. The number of hydrogen-bond donors (Lipinski definition) is 1. The van der Waals surface area contributed by atoms with Gasteiger partial charge in [0.15, 0.2) is 0 Å². The Balaban J connectivity index is 0.00000128. The fourth-order valence-electron chi connectivity index (χ4n) is 1.59. The lowest BCUT2D eigenvalue weighted by molar-refractivity contribution is 0.0712. The Labute approximate surface area is 110 Å². The molecule has 0 saturated heterocycles. The largest absolute Gasteiger partial charge is 0.320 e. The second-order valence-corrected chi connectivity index (χ2v) is 3.19. The van der Waals surface area contributed by atoms with E-state index < -0.39 is 6.55 Å². The van der Waals surface area contributed by atoms with E-state index in [-0.39, 0.29) is 24.8 Å². The van der Waals surface area contributed by atoms with E-state index in [2.05, 4.69) is 10.3 Å². The van der Waals surface area contributed by atoms with Crippen molar-refractivity contribution in [2.45, 2.75) is 13.1 Å². The average Bonchev–Trinajstić information content (AvgIpc) is 2.56. The van der Waals surface area contributed by atoms with Gasteiger partial charge in [0, 0.05) is 0 Å². The Hall–Kier alpha value is -0.910. The maximum Gasteiger partial charge on any atom is 0.320 e. The molecule has 0 bridgehead atoms. The zero-order valence-electron chi connectivity index (χ0n) is 9.06. The third-order valence-corrected chi connectivity index (χ3v) is 2.20. The van der Waals surface area contributed by atoms with E-state index in [1.54, 1.807) is 31.3 Å². The zero-order valence-corrected chi connectivity index (χ0v) is 10.7. The average molecular weight is 284 g/mol. The number of halogens is 4. The molecule has 0 unspecified atom stereocenters. The molecule has 0 saturated carbocycles. The van der Waals surface area contributed by atoms with Crippen LogP contribution in [0.3, 0.4) is 0 Å². The summed E-state index contributed by atoms with van der Waals surface area (Å²) in [6, 6.07) is 6.89. The predicted octanol–water partition coefficient (Wildman–Crippen LogP) is 2.99. The number of imidazole rings is 1. The Morgan fingerprint density at radius 1 is 1.29 bits per heavy atom. The van der Waals surface area contributed by atoms with Crippen molar-refractivity contribution in [3.63, 3.8) is 0 Å². The summed E-state index contributed by atoms with van der Waals surface area (Å²) >= 11 is 0. The summed E-state index contributed by atoms with van der Waals surface area (Å²) in [5, 5.41) is 2.82. The molecule has 96 valence electrons. The third-order valence-electron chi connectivity index (χ3n) is 2.20. The number of aromatic nitrogens is 2. The van der Waals surface area contributed by atoms with Gasteiger partial charge < -0.3 is 5.32 Å². The highest BCUT2D eigenvalue weighted by atomic mass is 35.5. The number of alkyl halides is 2. The molecule has 0 atom stereocenters. The number of benzene rings is 1. The number of para-hydroxylation sites is 2. The van der Waals surface area contributed by atoms with Gasteiger partial charge >= 0.3 is 6.55 Å². The maximum absolute atomic E-state index is 12.8. The topological polar surface area (TPSA) is 29.9 Å². The molecule has 3 nitrogen and oxygen atoms in total. The summed E-state index contributed by atoms with van der Waals surface area (Å²) in [6.07, 6.45) is 0. The molecule has 0 radical (unpaired) electrons. The number of nitrogens with zero attached hydrogens (tertiary/aromatic N) is 2. The van der Waals surface area contributed by atoms with Crippen molar-refractivity contribution < 1.29 is 8.78 Å². The van der Waals surface area contributed by atoms with Crippen molar-refractivity contribution in [2.75, 3.05) is 7.05 Å². The van der Waals surface area contributed by atoms with E-state index in [0.29, 0.717) is 23.4 Å². The summed E-state index contributed by atoms with van der Waals surface area (Å²) in [7, 11) is 1.70. The van der Waals surface area contributed by atoms with Crippen LogP contribution in [0.2, 0.25) is 0 Å². The first-order valence-electron chi connectivity index (χ1n) is 4.62. The summed E-state index contributed by atoms with van der Waals surface area (Å²) in [5.74, 6) is 0.355. The first kappa shape index (κ1) is 16.1. The third kappa shape index (κ3) is 3.06. The molecule has 0 amide bonds. The van der Waals surface area contributed by atoms with E-state index >= 15 is 0 Å². The first-order chi connectivity index (χ1) is 7.24. The van der Waals surface area contributed by atoms with Crippen molar-refractivity contribution in [3.05, 3.63) is 30.1 Å². The molecule has 0 aliphatic carbocycles. The van der Waals surface area contributed by atoms with Crippen LogP contribution < -0.4 is 5.32 Å². The molecule has 1 N–H and O–H groups in total. The van der Waals surface area contributed by atoms with Crippen molar-refractivity contribution in [1.29, 1.82) is 0 Å². The molecule has 1 heterocycles. The molecule has 1 aromatic heterocycles. The molecule has 17 heavy (non-hydrogen) atoms. The molecule has 7 heteroatoms. The number of rotatable bonds is 3. The van der Waals surface area contributed by atoms with E-state index in [9.17, 15) is 8.78 Å². The summed E-state index contributed by atoms with van der Waals surface area (Å²) in [4.78, 5) is 4.14. The van der Waals surface area contributed by atoms with Gasteiger partial charge in [0.25, 0.3) is 0 Å². The highest BCUT2D eigenvalue weighted by Gasteiger charge is 2.16. The highest BCUT2D eigenvalue weighted by molar-refractivity contribution is 5.85. The minimum atomic E-state index is -2.55. The molecular formula is C10H13Cl2F2N3. The maximum atomic E-state index is 12.8. The summed E-state index contributed by atoms with van der Waals surface area (Å²) in [5.41, 5.74) is 1.07. The summed E-state index contributed by atoms with van der Waals surface area (Å²) < 4.78 is 26.6. The molecule has 0 aliphatic rings. The Morgan fingerprint density at radius 3 is 2.53 bits per heavy atom. The van der Waals surface area contributed by atoms with Crippen molar-refractivity contribution in [1.82, 2.24) is 14.9 Å². The lowest BCUT2D eigenvalue weighted by Gasteiger charge is -2.06. The van der Waals surface area contributed by atoms with Crippen molar-refractivity contribution in [2.24, 2.45) is 0 Å². The van der Waals surface area contributed by atoms with Gasteiger partial charge in [-0.2, -0.15) is 8.78 Å². The molecular weight excluding hydrogens is 271 g/mol. The first-order valence-corrected chi connectivity index (χ1v) is 4.62. The van der Waals surface area contributed by atoms with E-state index in [4.69, 9.17) is 0 Å². The van der Waals surface area contributed by atoms with Gasteiger partial charge in [0.2, 0.25) is 0 Å². The van der Waals surface area contributed by atoms with Crippen molar-refractivity contribution in [3.8, 4) is 0 Å². The molecule has 1 aromatic carbocycles. The van der Waals surface area contributed by atoms with Crippen LogP contribution in [0.4, 0.5) is 8.78 Å². The van der Waals surface area contributed by atoms with Crippen molar-refractivity contribution >= 4 is 35.8 Å². The van der Waals surface area contributed by atoms with E-state index in [1.807, 2.05) is 0 Å². The van der Waals surface area contributed by atoms with Gasteiger partial charge in [-0.15, -0.1) is 24.8 Å². The lowest BCUT2D eigenvalue weighted by atomic mass is 10.3. The minimum Gasteiger partial charge on any atom is -0.313 e. The van der Waals surface area contributed by atoms with Crippen LogP contribution >= 0.6 is 24.8 Å². The van der Waals surface area contributed by atoms with Gasteiger partial charge in [-0.25, -0.2) is 4.98 Å². The molecule has 2 rings (SSSR count). The van der Waals surface area contributed by atoms with Crippen LogP contribution in [0.15, 0.2) is 24.3 Å². The minimum absolute atomic E-state index is 0. The van der Waals surface area contributed by atoms with Gasteiger partial charge in [0.05, 0.1) is 17.6 Å². The van der Waals surface area contributed by atoms with Crippen LogP contribution in [0.5, 0.6) is 0 Å². The van der Waals surface area contributed by atoms with Gasteiger partial charge in [0.1, 0.15) is 5.82 Å². The van der Waals surface area contributed by atoms with Crippen LogP contribution in [-0.2, 0) is 6.54 Å².